The maximum absolute atomic E-state index is 11.3. The van der Waals surface area contributed by atoms with Crippen LogP contribution in [0.15, 0.2) is 22.7 Å². The number of methoxy groups -OCH3 is 1. The first-order valence-corrected chi connectivity index (χ1v) is 5.15. The first-order valence-electron chi connectivity index (χ1n) is 4.36. The fourth-order valence-electron chi connectivity index (χ4n) is 1.55. The second kappa shape index (κ2) is 3.66. The lowest BCUT2D eigenvalue weighted by molar-refractivity contribution is -0.139. The zero-order valence-electron chi connectivity index (χ0n) is 8.00. The van der Waals surface area contributed by atoms with Crippen molar-refractivity contribution in [1.82, 2.24) is 0 Å². The average Bonchev–Trinajstić information content (AvgIpc) is 2.54. The molecule has 0 bridgehead atoms. The van der Waals surface area contributed by atoms with Crippen molar-refractivity contribution in [3.8, 4) is 0 Å². The van der Waals surface area contributed by atoms with Gasteiger partial charge in [0.1, 0.15) is 0 Å². The molecule has 78 valence electrons. The van der Waals surface area contributed by atoms with E-state index in [2.05, 4.69) is 26.0 Å². The van der Waals surface area contributed by atoms with E-state index in [1.54, 1.807) is 6.07 Å². The Bertz CT molecular complexity index is 445. The molecule has 1 heterocycles. The number of esters is 1. The van der Waals surface area contributed by atoms with Gasteiger partial charge in [-0.2, -0.15) is 0 Å². The first-order chi connectivity index (χ1) is 7.13. The van der Waals surface area contributed by atoms with Gasteiger partial charge < -0.3 is 15.5 Å². The number of benzene rings is 1. The van der Waals surface area contributed by atoms with Crippen LogP contribution >= 0.6 is 15.9 Å². The van der Waals surface area contributed by atoms with Crippen molar-refractivity contribution in [3.63, 3.8) is 0 Å². The summed E-state index contributed by atoms with van der Waals surface area (Å²) >= 11 is 3.33. The maximum Gasteiger partial charge on any atom is 0.334 e. The van der Waals surface area contributed by atoms with Gasteiger partial charge in [-0.15, -0.1) is 0 Å². The van der Waals surface area contributed by atoms with Crippen LogP contribution in [0, 0.1) is 5.41 Å². The summed E-state index contributed by atoms with van der Waals surface area (Å²) in [6.45, 7) is 0. The van der Waals surface area contributed by atoms with Crippen molar-refractivity contribution in [1.29, 1.82) is 5.41 Å². The molecule has 1 aliphatic heterocycles. The van der Waals surface area contributed by atoms with Gasteiger partial charge in [-0.05, 0) is 18.2 Å². The highest BCUT2D eigenvalue weighted by Crippen LogP contribution is 2.29. The minimum Gasteiger partial charge on any atom is -0.467 e. The fraction of sp³-hybridized carbons (Fsp3) is 0.200. The minimum atomic E-state index is -0.681. The molecule has 4 nitrogen and oxygen atoms in total. The lowest BCUT2D eigenvalue weighted by atomic mass is 10.1. The molecule has 2 rings (SSSR count). The second-order valence-electron chi connectivity index (χ2n) is 3.20. The van der Waals surface area contributed by atoms with Crippen molar-refractivity contribution in [2.45, 2.75) is 6.04 Å². The van der Waals surface area contributed by atoms with Crippen LogP contribution in [0.3, 0.4) is 0 Å². The van der Waals surface area contributed by atoms with Crippen LogP contribution in [-0.4, -0.2) is 24.8 Å². The second-order valence-corrected chi connectivity index (χ2v) is 4.12. The SMILES string of the molecule is COC(=O)[C@@H]1Nc2cc(Br)ccc2C1=N. The lowest BCUT2D eigenvalue weighted by Gasteiger charge is -2.07. The Morgan fingerprint density at radius 3 is 3.00 bits per heavy atom. The van der Waals surface area contributed by atoms with Gasteiger partial charge in [-0.1, -0.05) is 15.9 Å². The number of anilines is 1. The Labute approximate surface area is 95.3 Å². The van der Waals surface area contributed by atoms with Gasteiger partial charge >= 0.3 is 5.97 Å². The van der Waals surface area contributed by atoms with Gasteiger partial charge in [-0.25, -0.2) is 4.79 Å². The minimum absolute atomic E-state index is 0.254. The predicted molar refractivity (Wildman–Crippen MR) is 60.4 cm³/mol. The average molecular weight is 269 g/mol. The van der Waals surface area contributed by atoms with Crippen LogP contribution in [0.5, 0.6) is 0 Å². The number of ether oxygens (including phenoxy) is 1. The highest BCUT2D eigenvalue weighted by atomic mass is 79.9. The van der Waals surface area contributed by atoms with Crippen LogP contribution in [0.1, 0.15) is 5.56 Å². The summed E-state index contributed by atoms with van der Waals surface area (Å²) in [4.78, 5) is 11.3. The van der Waals surface area contributed by atoms with E-state index in [0.717, 1.165) is 15.7 Å². The van der Waals surface area contributed by atoms with Gasteiger partial charge in [0.25, 0.3) is 0 Å². The molecule has 0 spiro atoms. The summed E-state index contributed by atoms with van der Waals surface area (Å²) in [6.07, 6.45) is 0. The molecule has 0 saturated carbocycles. The Morgan fingerprint density at radius 2 is 2.33 bits per heavy atom. The fourth-order valence-corrected chi connectivity index (χ4v) is 1.91. The standard InChI is InChI=1S/C10H9BrN2O2/c1-15-10(14)9-8(12)6-3-2-5(11)4-7(6)13-9/h2-4,9,12-13H,1H3/t9-/m1/s1. The van der Waals surface area contributed by atoms with E-state index in [1.807, 2.05) is 12.1 Å². The van der Waals surface area contributed by atoms with Crippen molar-refractivity contribution in [2.75, 3.05) is 12.4 Å². The third-order valence-electron chi connectivity index (χ3n) is 2.30. The number of fused-ring (bicyclic) bond motifs is 1. The summed E-state index contributed by atoms with van der Waals surface area (Å²) in [5, 5.41) is 10.8. The van der Waals surface area contributed by atoms with Gasteiger partial charge in [0, 0.05) is 15.7 Å². The molecule has 1 aromatic rings. The van der Waals surface area contributed by atoms with Crippen LogP contribution in [0.2, 0.25) is 0 Å². The van der Waals surface area contributed by atoms with Crippen molar-refractivity contribution >= 4 is 33.3 Å². The summed E-state index contributed by atoms with van der Waals surface area (Å²) in [5.74, 6) is -0.438. The predicted octanol–water partition coefficient (Wildman–Crippen LogP) is 1.78. The van der Waals surface area contributed by atoms with Crippen LogP contribution in [0.25, 0.3) is 0 Å². The van der Waals surface area contributed by atoms with E-state index in [1.165, 1.54) is 7.11 Å². The zero-order valence-corrected chi connectivity index (χ0v) is 9.59. The molecular formula is C10H9BrN2O2. The first kappa shape index (κ1) is 10.2. The summed E-state index contributed by atoms with van der Waals surface area (Å²) < 4.78 is 5.52. The Balaban J connectivity index is 2.37. The molecule has 15 heavy (non-hydrogen) atoms. The van der Waals surface area contributed by atoms with Crippen LogP contribution in [-0.2, 0) is 9.53 Å². The third kappa shape index (κ3) is 1.63. The number of hydrogen-bond acceptors (Lipinski definition) is 4. The number of hydrogen-bond donors (Lipinski definition) is 2. The number of carbonyl (C=O) groups is 1. The molecule has 1 atom stereocenters. The van der Waals surface area contributed by atoms with E-state index in [-0.39, 0.29) is 5.71 Å². The highest BCUT2D eigenvalue weighted by Gasteiger charge is 2.32. The van der Waals surface area contributed by atoms with Crippen molar-refractivity contribution in [3.05, 3.63) is 28.2 Å². The molecule has 5 heteroatoms. The molecule has 2 N–H and O–H groups in total. The number of nitrogens with one attached hydrogen (secondary N) is 2. The van der Waals surface area contributed by atoms with E-state index in [0.29, 0.717) is 0 Å². The lowest BCUT2D eigenvalue weighted by Crippen LogP contribution is -2.33. The quantitative estimate of drug-likeness (QED) is 0.764. The van der Waals surface area contributed by atoms with Crippen molar-refractivity contribution < 1.29 is 9.53 Å². The number of halogens is 1. The monoisotopic (exact) mass is 268 g/mol. The summed E-state index contributed by atoms with van der Waals surface area (Å²) in [6, 6.07) is 4.80. The number of carbonyl (C=O) groups excluding carboxylic acids is 1. The summed E-state index contributed by atoms with van der Waals surface area (Å²) in [5.41, 5.74) is 1.78. The van der Waals surface area contributed by atoms with E-state index >= 15 is 0 Å². The van der Waals surface area contributed by atoms with E-state index in [4.69, 9.17) is 5.41 Å². The molecule has 0 aliphatic carbocycles. The van der Waals surface area contributed by atoms with Gasteiger partial charge in [0.05, 0.1) is 12.8 Å². The van der Waals surface area contributed by atoms with E-state index in [9.17, 15) is 4.79 Å². The van der Waals surface area contributed by atoms with Crippen LogP contribution < -0.4 is 5.32 Å². The van der Waals surface area contributed by atoms with Crippen LogP contribution in [0.4, 0.5) is 5.69 Å². The highest BCUT2D eigenvalue weighted by molar-refractivity contribution is 9.10. The molecule has 0 aromatic heterocycles. The van der Waals surface area contributed by atoms with Crippen molar-refractivity contribution in [2.24, 2.45) is 0 Å². The molecule has 1 aliphatic rings. The topological polar surface area (TPSA) is 62.2 Å². The molecule has 0 fully saturated rings. The zero-order chi connectivity index (χ0) is 11.0. The third-order valence-corrected chi connectivity index (χ3v) is 2.79. The molecule has 1 aromatic carbocycles. The smallest absolute Gasteiger partial charge is 0.334 e. The van der Waals surface area contributed by atoms with Gasteiger partial charge in [0.15, 0.2) is 6.04 Å². The molecule has 0 radical (unpaired) electrons. The summed E-state index contributed by atoms with van der Waals surface area (Å²) in [7, 11) is 1.32. The molecule has 0 unspecified atom stereocenters. The van der Waals surface area contributed by atoms with Gasteiger partial charge in [0.2, 0.25) is 0 Å². The number of rotatable bonds is 1. The molecular weight excluding hydrogens is 260 g/mol. The Morgan fingerprint density at radius 1 is 1.60 bits per heavy atom. The maximum atomic E-state index is 11.3. The Kier molecular flexibility index (Phi) is 2.48. The molecule has 0 amide bonds. The largest absolute Gasteiger partial charge is 0.467 e. The van der Waals surface area contributed by atoms with Gasteiger partial charge in [-0.3, -0.25) is 0 Å². The molecule has 0 saturated heterocycles. The normalized spacial score (nSPS) is 18.3. The van der Waals surface area contributed by atoms with E-state index < -0.39 is 12.0 Å². The Hall–Kier alpha value is -1.36.